The number of β-amino-alcohol motifs (C(OH)–C–C–N with tert-alkyl or cyclic N) is 1. The highest BCUT2D eigenvalue weighted by Gasteiger charge is 2.33. The lowest BCUT2D eigenvalue weighted by Crippen LogP contribution is -2.57. The van der Waals surface area contributed by atoms with Gasteiger partial charge in [-0.15, -0.1) is 0 Å². The first-order valence-electron chi connectivity index (χ1n) is 8.13. The van der Waals surface area contributed by atoms with Crippen LogP contribution in [0.2, 0.25) is 0 Å². The van der Waals surface area contributed by atoms with Crippen LogP contribution in [0.1, 0.15) is 18.4 Å². The number of nitrogens with zero attached hydrogens (tertiary/aromatic N) is 3. The Hall–Kier alpha value is -2.10. The zero-order valence-corrected chi connectivity index (χ0v) is 13.1. The van der Waals surface area contributed by atoms with Crippen molar-refractivity contribution >= 4 is 11.7 Å². The van der Waals surface area contributed by atoms with Gasteiger partial charge in [0, 0.05) is 12.2 Å². The molecule has 0 saturated carbocycles. The molecule has 1 atom stereocenters. The van der Waals surface area contributed by atoms with Gasteiger partial charge in [0.15, 0.2) is 0 Å². The van der Waals surface area contributed by atoms with Gasteiger partial charge in [0.1, 0.15) is 0 Å². The molecule has 3 rings (SSSR count). The maximum Gasteiger partial charge on any atom is 0.324 e. The van der Waals surface area contributed by atoms with Crippen molar-refractivity contribution in [3.8, 4) is 6.07 Å². The highest BCUT2D eigenvalue weighted by Crippen LogP contribution is 2.23. The number of benzene rings is 1. The number of hydrogen-bond donors (Lipinski definition) is 2. The summed E-state index contributed by atoms with van der Waals surface area (Å²) in [6.45, 7) is 3.33. The Labute approximate surface area is 136 Å². The first-order valence-corrected chi connectivity index (χ1v) is 8.13. The lowest BCUT2D eigenvalue weighted by atomic mass is 9.97. The van der Waals surface area contributed by atoms with Crippen molar-refractivity contribution in [1.82, 2.24) is 10.2 Å². The fourth-order valence-electron chi connectivity index (χ4n) is 3.34. The number of carbonyl (C=O) groups is 1. The van der Waals surface area contributed by atoms with E-state index in [0.29, 0.717) is 30.3 Å². The van der Waals surface area contributed by atoms with Crippen molar-refractivity contribution < 1.29 is 9.90 Å². The molecule has 2 N–H and O–H groups in total. The van der Waals surface area contributed by atoms with Crippen molar-refractivity contribution in [3.63, 3.8) is 0 Å². The van der Waals surface area contributed by atoms with Crippen LogP contribution >= 0.6 is 0 Å². The van der Waals surface area contributed by atoms with Gasteiger partial charge in [-0.05, 0) is 50.0 Å². The maximum absolute atomic E-state index is 12.8. The topological polar surface area (TPSA) is 79.6 Å². The number of urea groups is 1. The van der Waals surface area contributed by atoms with Gasteiger partial charge in [-0.2, -0.15) is 5.26 Å². The molecular weight excluding hydrogens is 292 g/mol. The van der Waals surface area contributed by atoms with Crippen LogP contribution in [0.5, 0.6) is 0 Å². The van der Waals surface area contributed by atoms with Crippen LogP contribution in [0, 0.1) is 17.2 Å². The molecule has 6 nitrogen and oxygen atoms in total. The minimum absolute atomic E-state index is 0.0797. The van der Waals surface area contributed by atoms with Crippen LogP contribution in [0.15, 0.2) is 24.3 Å². The Morgan fingerprint density at radius 1 is 1.30 bits per heavy atom. The van der Waals surface area contributed by atoms with Crippen LogP contribution in [-0.2, 0) is 0 Å². The van der Waals surface area contributed by atoms with E-state index in [9.17, 15) is 9.90 Å². The summed E-state index contributed by atoms with van der Waals surface area (Å²) in [5.41, 5.74) is 1.18. The molecule has 1 aromatic carbocycles. The summed E-state index contributed by atoms with van der Waals surface area (Å²) in [5.74, 6) is 0.484. The smallest absolute Gasteiger partial charge is 0.324 e. The molecule has 23 heavy (non-hydrogen) atoms. The van der Waals surface area contributed by atoms with E-state index >= 15 is 0 Å². The molecule has 6 heteroatoms. The third-order valence-electron chi connectivity index (χ3n) is 4.55. The molecule has 0 radical (unpaired) electrons. The SMILES string of the molecule is N#Cc1cccc(N2CC(O)CN(CC3CCNCC3)C2=O)c1. The highest BCUT2D eigenvalue weighted by atomic mass is 16.3. The first-order chi connectivity index (χ1) is 11.2. The second-order valence-corrected chi connectivity index (χ2v) is 6.31. The summed E-state index contributed by atoms with van der Waals surface area (Å²) < 4.78 is 0. The van der Waals surface area contributed by atoms with Crippen LogP contribution in [0.3, 0.4) is 0 Å². The van der Waals surface area contributed by atoms with E-state index in [-0.39, 0.29) is 12.6 Å². The summed E-state index contributed by atoms with van der Waals surface area (Å²) in [7, 11) is 0. The number of anilines is 1. The van der Waals surface area contributed by atoms with Crippen molar-refractivity contribution in [2.24, 2.45) is 5.92 Å². The predicted molar refractivity (Wildman–Crippen MR) is 87.1 cm³/mol. The average Bonchev–Trinajstić information content (AvgIpc) is 2.59. The molecule has 2 amide bonds. The van der Waals surface area contributed by atoms with Gasteiger partial charge in [0.2, 0.25) is 0 Å². The molecule has 2 saturated heterocycles. The fraction of sp³-hybridized carbons (Fsp3) is 0.529. The number of carbonyl (C=O) groups excluding carboxylic acids is 1. The molecule has 1 aromatic rings. The molecule has 122 valence electrons. The predicted octanol–water partition coefficient (Wildman–Crippen LogP) is 1.16. The standard InChI is InChI=1S/C17H22N4O2/c18-9-14-2-1-3-15(8-14)21-12-16(22)11-20(17(21)23)10-13-4-6-19-7-5-13/h1-3,8,13,16,19,22H,4-7,10-12H2. The Balaban J connectivity index is 1.75. The number of aliphatic hydroxyl groups excluding tert-OH is 1. The number of amides is 2. The molecule has 0 aliphatic carbocycles. The normalized spacial score (nSPS) is 23.0. The van der Waals surface area contributed by atoms with Gasteiger partial charge in [0.25, 0.3) is 0 Å². The third kappa shape index (κ3) is 3.63. The number of nitrogens with one attached hydrogen (secondary N) is 1. The van der Waals surface area contributed by atoms with Crippen molar-refractivity contribution in [3.05, 3.63) is 29.8 Å². The van der Waals surface area contributed by atoms with Gasteiger partial charge in [-0.1, -0.05) is 6.07 Å². The van der Waals surface area contributed by atoms with Gasteiger partial charge in [-0.25, -0.2) is 4.79 Å². The second-order valence-electron chi connectivity index (χ2n) is 6.31. The quantitative estimate of drug-likeness (QED) is 0.877. The van der Waals surface area contributed by atoms with Crippen LogP contribution in [-0.4, -0.2) is 54.9 Å². The number of aliphatic hydroxyl groups is 1. The van der Waals surface area contributed by atoms with Gasteiger partial charge >= 0.3 is 6.03 Å². The number of nitriles is 1. The molecule has 2 aliphatic heterocycles. The first kappa shape index (κ1) is 15.8. The fourth-order valence-corrected chi connectivity index (χ4v) is 3.34. The van der Waals surface area contributed by atoms with E-state index in [4.69, 9.17) is 5.26 Å². The van der Waals surface area contributed by atoms with Crippen molar-refractivity contribution in [2.45, 2.75) is 18.9 Å². The Morgan fingerprint density at radius 2 is 2.09 bits per heavy atom. The van der Waals surface area contributed by atoms with E-state index in [1.165, 1.54) is 0 Å². The third-order valence-corrected chi connectivity index (χ3v) is 4.55. The van der Waals surface area contributed by atoms with Gasteiger partial charge in [0.05, 0.1) is 30.8 Å². The average molecular weight is 314 g/mol. The van der Waals surface area contributed by atoms with Crippen molar-refractivity contribution in [2.75, 3.05) is 37.6 Å². The molecule has 2 fully saturated rings. The number of rotatable bonds is 3. The summed E-state index contributed by atoms with van der Waals surface area (Å²) in [4.78, 5) is 16.1. The Kier molecular flexibility index (Phi) is 4.79. The number of hydrogen-bond acceptors (Lipinski definition) is 4. The molecule has 2 heterocycles. The van der Waals surface area contributed by atoms with E-state index < -0.39 is 6.10 Å². The van der Waals surface area contributed by atoms with Crippen LogP contribution < -0.4 is 10.2 Å². The monoisotopic (exact) mass is 314 g/mol. The van der Waals surface area contributed by atoms with Gasteiger partial charge < -0.3 is 15.3 Å². The number of piperidine rings is 1. The Bertz CT molecular complexity index is 607. The summed E-state index contributed by atoms with van der Waals surface area (Å²) in [6.07, 6.45) is 1.55. The van der Waals surface area contributed by atoms with Crippen molar-refractivity contribution in [1.29, 1.82) is 5.26 Å². The van der Waals surface area contributed by atoms with Gasteiger partial charge in [-0.3, -0.25) is 4.90 Å². The molecule has 0 spiro atoms. The van der Waals surface area contributed by atoms with E-state index in [0.717, 1.165) is 25.9 Å². The molecule has 0 bridgehead atoms. The lowest BCUT2D eigenvalue weighted by molar-refractivity contribution is 0.0964. The maximum atomic E-state index is 12.8. The largest absolute Gasteiger partial charge is 0.389 e. The summed E-state index contributed by atoms with van der Waals surface area (Å²) >= 11 is 0. The van der Waals surface area contributed by atoms with E-state index in [2.05, 4.69) is 11.4 Å². The zero-order chi connectivity index (χ0) is 16.2. The van der Waals surface area contributed by atoms with Crippen LogP contribution in [0.4, 0.5) is 10.5 Å². The second kappa shape index (κ2) is 6.99. The summed E-state index contributed by atoms with van der Waals surface area (Å²) in [5, 5.41) is 22.5. The molecule has 0 aromatic heterocycles. The minimum Gasteiger partial charge on any atom is -0.389 e. The lowest BCUT2D eigenvalue weighted by Gasteiger charge is -2.40. The van der Waals surface area contributed by atoms with E-state index in [1.54, 1.807) is 34.1 Å². The highest BCUT2D eigenvalue weighted by molar-refractivity contribution is 5.93. The molecular formula is C17H22N4O2. The zero-order valence-electron chi connectivity index (χ0n) is 13.1. The summed E-state index contributed by atoms with van der Waals surface area (Å²) in [6, 6.07) is 8.98. The minimum atomic E-state index is -0.569. The molecule has 2 aliphatic rings. The van der Waals surface area contributed by atoms with E-state index in [1.807, 2.05) is 0 Å². The Morgan fingerprint density at radius 3 is 2.83 bits per heavy atom. The molecule has 1 unspecified atom stereocenters. The van der Waals surface area contributed by atoms with Crippen LogP contribution in [0.25, 0.3) is 0 Å².